The molecule has 1 aromatic rings. The number of hydrogen-bond acceptors (Lipinski definition) is 5. The lowest BCUT2D eigenvalue weighted by Crippen LogP contribution is -2.29. The number of carbonyl (C=O) groups is 1. The van der Waals surface area contributed by atoms with E-state index in [1.165, 1.54) is 11.5 Å². The third-order valence-electron chi connectivity index (χ3n) is 3.58. The molecule has 102 valence electrons. The summed E-state index contributed by atoms with van der Waals surface area (Å²) in [5, 5.41) is 0.393. The molecule has 0 saturated carbocycles. The van der Waals surface area contributed by atoms with Gasteiger partial charge in [0, 0.05) is 29.9 Å². The van der Waals surface area contributed by atoms with Gasteiger partial charge in [0.2, 0.25) is 0 Å². The molecule has 3 rings (SSSR count). The summed E-state index contributed by atoms with van der Waals surface area (Å²) in [6, 6.07) is 0. The van der Waals surface area contributed by atoms with Crippen molar-refractivity contribution in [1.82, 2.24) is 9.97 Å². The zero-order valence-corrected chi connectivity index (χ0v) is 12.9. The van der Waals surface area contributed by atoms with Crippen LogP contribution in [0.15, 0.2) is 6.20 Å². The largest absolute Gasteiger partial charge is 0.294 e. The fourth-order valence-electron chi connectivity index (χ4n) is 2.64. The van der Waals surface area contributed by atoms with E-state index < -0.39 is 0 Å². The Hall–Kier alpha value is -0.550. The van der Waals surface area contributed by atoms with Gasteiger partial charge in [0.15, 0.2) is 5.78 Å². The first-order valence-corrected chi connectivity index (χ1v) is 8.84. The minimum Gasteiger partial charge on any atom is -0.294 e. The van der Waals surface area contributed by atoms with Crippen molar-refractivity contribution in [1.29, 1.82) is 0 Å². The molecule has 1 fully saturated rings. The molecular formula is C14H18N2OS2. The van der Waals surface area contributed by atoms with E-state index >= 15 is 0 Å². The third kappa shape index (κ3) is 2.82. The normalized spacial score (nSPS) is 26.0. The highest BCUT2D eigenvalue weighted by Gasteiger charge is 2.33. The first kappa shape index (κ1) is 13.4. The fourth-order valence-corrected chi connectivity index (χ4v) is 5.24. The molecule has 1 atom stereocenters. The Morgan fingerprint density at radius 1 is 1.32 bits per heavy atom. The van der Waals surface area contributed by atoms with Gasteiger partial charge in [-0.2, -0.15) is 11.8 Å². The zero-order chi connectivity index (χ0) is 13.5. The van der Waals surface area contributed by atoms with Crippen molar-refractivity contribution in [3.8, 4) is 0 Å². The smallest absolute Gasteiger partial charge is 0.166 e. The van der Waals surface area contributed by atoms with Gasteiger partial charge in [-0.15, -0.1) is 11.8 Å². The average molecular weight is 294 g/mol. The summed E-state index contributed by atoms with van der Waals surface area (Å²) in [5.74, 6) is 4.59. The lowest BCUT2D eigenvalue weighted by molar-refractivity contribution is 0.0909. The van der Waals surface area contributed by atoms with E-state index in [1.54, 1.807) is 6.20 Å². The van der Waals surface area contributed by atoms with Crippen LogP contribution in [-0.4, -0.2) is 33.0 Å². The first-order chi connectivity index (χ1) is 9.05. The molecule has 0 amide bonds. The number of nitrogens with zero attached hydrogens (tertiary/aromatic N) is 2. The summed E-state index contributed by atoms with van der Waals surface area (Å²) in [7, 11) is 0. The number of Topliss-reactive ketones (excluding diaryl/α,β-unsaturated/α-hetero) is 1. The summed E-state index contributed by atoms with van der Waals surface area (Å²) in [6.45, 7) is 4.28. The Bertz CT molecular complexity index is 510. The van der Waals surface area contributed by atoms with E-state index in [0.29, 0.717) is 11.7 Å². The van der Waals surface area contributed by atoms with Gasteiger partial charge in [0.25, 0.3) is 0 Å². The quantitative estimate of drug-likeness (QED) is 0.796. The minimum absolute atomic E-state index is 0.0319. The molecule has 0 bridgehead atoms. The Balaban J connectivity index is 1.92. The van der Waals surface area contributed by atoms with Gasteiger partial charge in [-0.25, -0.2) is 9.97 Å². The van der Waals surface area contributed by atoms with E-state index in [9.17, 15) is 4.79 Å². The van der Waals surface area contributed by atoms with Crippen molar-refractivity contribution < 1.29 is 4.79 Å². The second-order valence-electron chi connectivity index (χ2n) is 5.96. The minimum atomic E-state index is 0.0319. The summed E-state index contributed by atoms with van der Waals surface area (Å²) >= 11 is 3.90. The van der Waals surface area contributed by atoms with Crippen LogP contribution in [0.2, 0.25) is 0 Å². The van der Waals surface area contributed by atoms with Crippen LogP contribution in [0.4, 0.5) is 0 Å². The van der Waals surface area contributed by atoms with Crippen LogP contribution < -0.4 is 0 Å². The maximum absolute atomic E-state index is 12.1. The number of rotatable bonds is 1. The van der Waals surface area contributed by atoms with Crippen molar-refractivity contribution >= 4 is 29.3 Å². The molecule has 0 N–H and O–H groups in total. The highest BCUT2D eigenvalue weighted by Crippen LogP contribution is 2.37. The molecule has 3 nitrogen and oxygen atoms in total. The van der Waals surface area contributed by atoms with Gasteiger partial charge in [0.05, 0.1) is 16.5 Å². The summed E-state index contributed by atoms with van der Waals surface area (Å²) in [5.41, 5.74) is 1.74. The lowest BCUT2D eigenvalue weighted by atomic mass is 9.76. The topological polar surface area (TPSA) is 42.9 Å². The van der Waals surface area contributed by atoms with E-state index in [-0.39, 0.29) is 11.2 Å². The molecule has 0 spiro atoms. The molecule has 1 saturated heterocycles. The highest BCUT2D eigenvalue weighted by atomic mass is 32.2. The molecule has 1 aromatic heterocycles. The number of carbonyl (C=O) groups excluding carboxylic acids is 1. The summed E-state index contributed by atoms with van der Waals surface area (Å²) in [4.78, 5) is 21.3. The number of aromatic nitrogens is 2. The molecular weight excluding hydrogens is 276 g/mol. The first-order valence-electron chi connectivity index (χ1n) is 6.63. The number of ketones is 1. The molecule has 2 aliphatic rings. The van der Waals surface area contributed by atoms with Gasteiger partial charge in [-0.3, -0.25) is 4.79 Å². The Morgan fingerprint density at radius 3 is 2.89 bits per heavy atom. The number of hydrogen-bond donors (Lipinski definition) is 0. The SMILES string of the molecule is CC1(C)CC(=O)c2cnc(C3CSCCS3)nc2C1. The van der Waals surface area contributed by atoms with Crippen molar-refractivity contribution in [2.45, 2.75) is 31.9 Å². The van der Waals surface area contributed by atoms with Gasteiger partial charge in [0.1, 0.15) is 5.82 Å². The van der Waals surface area contributed by atoms with Gasteiger partial charge >= 0.3 is 0 Å². The van der Waals surface area contributed by atoms with Gasteiger partial charge in [-0.1, -0.05) is 13.8 Å². The average Bonchev–Trinajstić information content (AvgIpc) is 2.37. The van der Waals surface area contributed by atoms with Crippen LogP contribution in [0, 0.1) is 5.41 Å². The molecule has 1 aliphatic carbocycles. The molecule has 5 heteroatoms. The summed E-state index contributed by atoms with van der Waals surface area (Å²) in [6.07, 6.45) is 3.25. The van der Waals surface area contributed by atoms with Crippen LogP contribution >= 0.6 is 23.5 Å². The van der Waals surface area contributed by atoms with Crippen molar-refractivity contribution in [2.75, 3.05) is 17.3 Å². The molecule has 1 aliphatic heterocycles. The van der Waals surface area contributed by atoms with Crippen LogP contribution in [0.3, 0.4) is 0 Å². The molecule has 19 heavy (non-hydrogen) atoms. The standard InChI is InChI=1S/C14H18N2OS2/c1-14(2)5-10-9(11(17)6-14)7-15-13(16-10)12-8-18-3-4-19-12/h7,12H,3-6,8H2,1-2H3. The van der Waals surface area contributed by atoms with Gasteiger partial charge in [-0.05, 0) is 11.8 Å². The molecule has 1 unspecified atom stereocenters. The lowest BCUT2D eigenvalue weighted by Gasteiger charge is -2.30. The van der Waals surface area contributed by atoms with E-state index in [2.05, 4.69) is 18.8 Å². The van der Waals surface area contributed by atoms with Crippen LogP contribution in [-0.2, 0) is 6.42 Å². The van der Waals surface area contributed by atoms with E-state index in [4.69, 9.17) is 4.98 Å². The predicted molar refractivity (Wildman–Crippen MR) is 81.0 cm³/mol. The highest BCUT2D eigenvalue weighted by molar-refractivity contribution is 8.06. The van der Waals surface area contributed by atoms with E-state index in [0.717, 1.165) is 29.3 Å². The van der Waals surface area contributed by atoms with Crippen LogP contribution in [0.5, 0.6) is 0 Å². The van der Waals surface area contributed by atoms with E-state index in [1.807, 2.05) is 23.5 Å². The van der Waals surface area contributed by atoms with Crippen molar-refractivity contribution in [2.24, 2.45) is 5.41 Å². The third-order valence-corrected chi connectivity index (χ3v) is 6.33. The molecule has 0 radical (unpaired) electrons. The number of thioether (sulfide) groups is 2. The Morgan fingerprint density at radius 2 is 2.16 bits per heavy atom. The molecule has 2 heterocycles. The molecule has 0 aromatic carbocycles. The maximum Gasteiger partial charge on any atom is 0.166 e. The zero-order valence-electron chi connectivity index (χ0n) is 11.3. The summed E-state index contributed by atoms with van der Waals surface area (Å²) < 4.78 is 0. The number of fused-ring (bicyclic) bond motifs is 1. The fraction of sp³-hybridized carbons (Fsp3) is 0.643. The Kier molecular flexibility index (Phi) is 3.60. The van der Waals surface area contributed by atoms with Gasteiger partial charge < -0.3 is 0 Å². The van der Waals surface area contributed by atoms with Crippen LogP contribution in [0.1, 0.15) is 47.4 Å². The van der Waals surface area contributed by atoms with Crippen molar-refractivity contribution in [3.05, 3.63) is 23.3 Å². The second-order valence-corrected chi connectivity index (χ2v) is 8.42. The predicted octanol–water partition coefficient (Wildman–Crippen LogP) is 3.15. The maximum atomic E-state index is 12.1. The Labute approximate surface area is 122 Å². The van der Waals surface area contributed by atoms with Crippen LogP contribution in [0.25, 0.3) is 0 Å². The monoisotopic (exact) mass is 294 g/mol. The van der Waals surface area contributed by atoms with Crippen molar-refractivity contribution in [3.63, 3.8) is 0 Å². The second kappa shape index (κ2) is 5.09.